The Bertz CT molecular complexity index is 265. The molecule has 0 rings (SSSR count). The van der Waals surface area contributed by atoms with Crippen LogP contribution in [0.25, 0.3) is 0 Å². The molecule has 17 heavy (non-hydrogen) atoms. The molecule has 0 aromatic carbocycles. The Morgan fingerprint density at radius 2 is 1.71 bits per heavy atom. The Hall–Kier alpha value is -0.980. The fraction of sp³-hybridized carbons (Fsp3) is 0.625. The van der Waals surface area contributed by atoms with Gasteiger partial charge in [-0.3, -0.25) is 0 Å². The van der Waals surface area contributed by atoms with Crippen LogP contribution in [0.3, 0.4) is 0 Å². The third-order valence-corrected chi connectivity index (χ3v) is 2.94. The number of methoxy groups -OCH3 is 1. The van der Waals surface area contributed by atoms with Crippen LogP contribution < -0.4 is 0 Å². The molecular formula is C16H28O. The molecule has 0 saturated carbocycles. The summed E-state index contributed by atoms with van der Waals surface area (Å²) in [6.07, 6.45) is 13.6. The van der Waals surface area contributed by atoms with Gasteiger partial charge in [-0.15, -0.1) is 0 Å². The van der Waals surface area contributed by atoms with E-state index in [1.807, 2.05) is 6.92 Å². The minimum atomic E-state index is 0.683. The smallest absolute Gasteiger partial charge is 0.0924 e. The highest BCUT2D eigenvalue weighted by atomic mass is 16.5. The first kappa shape index (κ1) is 16.0. The summed E-state index contributed by atoms with van der Waals surface area (Å²) in [7, 11) is 1.71. The first-order valence-electron chi connectivity index (χ1n) is 6.74. The molecule has 0 amide bonds. The average Bonchev–Trinajstić information content (AvgIpc) is 2.33. The van der Waals surface area contributed by atoms with E-state index in [4.69, 9.17) is 4.74 Å². The normalized spacial score (nSPS) is 13.8. The van der Waals surface area contributed by atoms with Crippen molar-refractivity contribution < 1.29 is 4.74 Å². The summed E-state index contributed by atoms with van der Waals surface area (Å²) < 4.78 is 5.17. The summed E-state index contributed by atoms with van der Waals surface area (Å²) in [6, 6.07) is 0. The molecule has 0 heterocycles. The van der Waals surface area contributed by atoms with Crippen LogP contribution in [0, 0.1) is 5.92 Å². The van der Waals surface area contributed by atoms with Crippen LogP contribution in [0.4, 0.5) is 0 Å². The second kappa shape index (κ2) is 10.2. The largest absolute Gasteiger partial charge is 0.501 e. The van der Waals surface area contributed by atoms with Gasteiger partial charge in [0.2, 0.25) is 0 Å². The van der Waals surface area contributed by atoms with Crippen LogP contribution in [-0.2, 0) is 4.74 Å². The summed E-state index contributed by atoms with van der Waals surface area (Å²) in [4.78, 5) is 0. The van der Waals surface area contributed by atoms with Gasteiger partial charge in [0.15, 0.2) is 0 Å². The molecule has 0 unspecified atom stereocenters. The zero-order chi connectivity index (χ0) is 13.1. The number of rotatable bonds is 8. The highest BCUT2D eigenvalue weighted by Crippen LogP contribution is 2.24. The molecule has 0 bridgehead atoms. The van der Waals surface area contributed by atoms with Gasteiger partial charge in [-0.1, -0.05) is 44.9 Å². The molecule has 0 saturated heterocycles. The van der Waals surface area contributed by atoms with Crippen molar-refractivity contribution in [2.24, 2.45) is 5.92 Å². The molecule has 0 aliphatic carbocycles. The molecule has 98 valence electrons. The predicted octanol–water partition coefficient (Wildman–Crippen LogP) is 5.26. The number of allylic oxidation sites excluding steroid dienone is 6. The first-order valence-corrected chi connectivity index (χ1v) is 6.74. The lowest BCUT2D eigenvalue weighted by Gasteiger charge is -2.16. The van der Waals surface area contributed by atoms with Crippen LogP contribution in [0.2, 0.25) is 0 Å². The van der Waals surface area contributed by atoms with Crippen molar-refractivity contribution in [1.82, 2.24) is 0 Å². The van der Waals surface area contributed by atoms with Crippen LogP contribution in [-0.4, -0.2) is 7.11 Å². The third kappa shape index (κ3) is 7.04. The minimum absolute atomic E-state index is 0.683. The van der Waals surface area contributed by atoms with Crippen molar-refractivity contribution in [2.75, 3.05) is 7.11 Å². The van der Waals surface area contributed by atoms with Gasteiger partial charge in [-0.05, 0) is 44.3 Å². The van der Waals surface area contributed by atoms with Crippen molar-refractivity contribution >= 4 is 0 Å². The monoisotopic (exact) mass is 236 g/mol. The molecule has 0 aliphatic rings. The molecule has 0 atom stereocenters. The molecule has 1 heteroatoms. The van der Waals surface area contributed by atoms with E-state index < -0.39 is 0 Å². The first-order chi connectivity index (χ1) is 8.19. The van der Waals surface area contributed by atoms with Gasteiger partial charge in [-0.25, -0.2) is 0 Å². The van der Waals surface area contributed by atoms with Gasteiger partial charge in [0, 0.05) is 0 Å². The van der Waals surface area contributed by atoms with Crippen molar-refractivity contribution in [3.63, 3.8) is 0 Å². The molecule has 0 aliphatic heterocycles. The topological polar surface area (TPSA) is 9.23 Å². The highest BCUT2D eigenvalue weighted by Gasteiger charge is 2.09. The summed E-state index contributed by atoms with van der Waals surface area (Å²) in [5.41, 5.74) is 1.42. The number of ether oxygens (including phenoxy) is 1. The van der Waals surface area contributed by atoms with Gasteiger partial charge in [0.05, 0.1) is 12.9 Å². The Morgan fingerprint density at radius 3 is 2.12 bits per heavy atom. The van der Waals surface area contributed by atoms with E-state index in [9.17, 15) is 0 Å². The summed E-state index contributed by atoms with van der Waals surface area (Å²) in [5, 5.41) is 0. The maximum absolute atomic E-state index is 5.17. The van der Waals surface area contributed by atoms with Crippen LogP contribution in [0.5, 0.6) is 0 Å². The molecule has 0 aromatic rings. The SMILES string of the molecule is C\C=C/C(=C\C=C(/C)OC)C(CCC)CCC. The number of hydrogen-bond donors (Lipinski definition) is 0. The fourth-order valence-corrected chi connectivity index (χ4v) is 1.98. The number of hydrogen-bond acceptors (Lipinski definition) is 1. The molecule has 0 radical (unpaired) electrons. The lowest BCUT2D eigenvalue weighted by molar-refractivity contribution is 0.293. The molecular weight excluding hydrogens is 208 g/mol. The Morgan fingerprint density at radius 1 is 1.12 bits per heavy atom. The van der Waals surface area contributed by atoms with Gasteiger partial charge in [0.1, 0.15) is 0 Å². The van der Waals surface area contributed by atoms with E-state index in [-0.39, 0.29) is 0 Å². The predicted molar refractivity (Wildman–Crippen MR) is 77.0 cm³/mol. The molecule has 0 fully saturated rings. The molecule has 0 spiro atoms. The zero-order valence-corrected chi connectivity index (χ0v) is 12.1. The van der Waals surface area contributed by atoms with E-state index in [0.717, 1.165) is 5.76 Å². The second-order valence-electron chi connectivity index (χ2n) is 4.42. The summed E-state index contributed by atoms with van der Waals surface area (Å²) in [5.74, 6) is 1.64. The van der Waals surface area contributed by atoms with Crippen molar-refractivity contribution in [3.8, 4) is 0 Å². The van der Waals surface area contributed by atoms with E-state index in [1.54, 1.807) is 7.11 Å². The summed E-state index contributed by atoms with van der Waals surface area (Å²) >= 11 is 0. The lowest BCUT2D eigenvalue weighted by Crippen LogP contribution is -2.02. The van der Waals surface area contributed by atoms with Crippen molar-refractivity contribution in [1.29, 1.82) is 0 Å². The van der Waals surface area contributed by atoms with E-state index in [1.165, 1.54) is 31.3 Å². The maximum Gasteiger partial charge on any atom is 0.0924 e. The van der Waals surface area contributed by atoms with E-state index in [2.05, 4.69) is 45.1 Å². The van der Waals surface area contributed by atoms with Crippen LogP contribution in [0.15, 0.2) is 35.6 Å². The lowest BCUT2D eigenvalue weighted by atomic mass is 9.89. The van der Waals surface area contributed by atoms with Crippen molar-refractivity contribution in [3.05, 3.63) is 35.6 Å². The Labute approximate surface area is 107 Å². The zero-order valence-electron chi connectivity index (χ0n) is 12.1. The molecule has 1 nitrogen and oxygen atoms in total. The van der Waals surface area contributed by atoms with Gasteiger partial charge >= 0.3 is 0 Å². The van der Waals surface area contributed by atoms with Gasteiger partial charge in [-0.2, -0.15) is 0 Å². The van der Waals surface area contributed by atoms with Crippen molar-refractivity contribution in [2.45, 2.75) is 53.4 Å². The highest BCUT2D eigenvalue weighted by molar-refractivity contribution is 5.26. The fourth-order valence-electron chi connectivity index (χ4n) is 1.98. The Kier molecular flexibility index (Phi) is 9.60. The van der Waals surface area contributed by atoms with Crippen LogP contribution in [0.1, 0.15) is 53.4 Å². The standard InChI is InChI=1S/C16H28O/c1-6-9-15(10-7-2)16(11-8-3)13-12-14(4)17-5/h8,11-13,15H,6-7,9-10H2,1-5H3/b11-8-,14-12+,16-13+. The Balaban J connectivity index is 4.89. The third-order valence-electron chi connectivity index (χ3n) is 2.94. The summed E-state index contributed by atoms with van der Waals surface area (Å²) in [6.45, 7) is 8.58. The average molecular weight is 236 g/mol. The van der Waals surface area contributed by atoms with Crippen LogP contribution >= 0.6 is 0 Å². The van der Waals surface area contributed by atoms with E-state index in [0.29, 0.717) is 5.92 Å². The molecule has 0 N–H and O–H groups in total. The second-order valence-corrected chi connectivity index (χ2v) is 4.42. The minimum Gasteiger partial charge on any atom is -0.501 e. The van der Waals surface area contributed by atoms with Gasteiger partial charge in [0.25, 0.3) is 0 Å². The van der Waals surface area contributed by atoms with Gasteiger partial charge < -0.3 is 4.74 Å². The molecule has 0 aromatic heterocycles. The quantitative estimate of drug-likeness (QED) is 0.413. The maximum atomic E-state index is 5.17. The van der Waals surface area contributed by atoms with E-state index >= 15 is 0 Å².